The van der Waals surface area contributed by atoms with Crippen molar-refractivity contribution < 1.29 is 67.0 Å². The molecule has 8 N–H and O–H groups in total. The van der Waals surface area contributed by atoms with Gasteiger partial charge in [0.25, 0.3) is 46.2 Å². The molecule has 0 radical (unpaired) electrons. The summed E-state index contributed by atoms with van der Waals surface area (Å²) in [5, 5.41) is 64.2. The first-order valence-corrected chi connectivity index (χ1v) is 24.0. The van der Waals surface area contributed by atoms with Gasteiger partial charge in [0, 0.05) is 16.8 Å². The molecule has 0 saturated carbocycles. The topological polar surface area (TPSA) is 426 Å². The zero-order valence-corrected chi connectivity index (χ0v) is 36.7. The number of nitrogen functional groups attached to an aromatic ring is 1. The van der Waals surface area contributed by atoms with Gasteiger partial charge in [-0.05, 0) is 72.8 Å². The van der Waals surface area contributed by atoms with Gasteiger partial charge in [0.1, 0.15) is 37.4 Å². The lowest BCUT2D eigenvalue weighted by molar-refractivity contribution is -0.384. The summed E-state index contributed by atoms with van der Waals surface area (Å²) < 4.78 is 138. The SMILES string of the molecule is Nc1c(N=Nc2ccc(N=Nc3ccccc3S(=O)(=O)O)c3ccc(N=Nc4ccccc4[N+](=O)[O-])c(O)c23)cc(S(=O)(=O)O)c2cc(S(=O)(=O)O)c(N=Nc3cccc(S(=O)(=O)O)c3)c(O)c12. The molecule has 0 aliphatic carbocycles. The maximum atomic E-state index is 12.8. The summed E-state index contributed by atoms with van der Waals surface area (Å²) in [4.78, 5) is 7.20. The summed E-state index contributed by atoms with van der Waals surface area (Å²) in [7, 11) is -20.4. The van der Waals surface area contributed by atoms with Crippen molar-refractivity contribution in [3.05, 3.63) is 119 Å². The van der Waals surface area contributed by atoms with Crippen molar-refractivity contribution in [1.29, 1.82) is 0 Å². The predicted molar refractivity (Wildman–Crippen MR) is 238 cm³/mol. The Morgan fingerprint density at radius 1 is 0.456 bits per heavy atom. The van der Waals surface area contributed by atoms with Gasteiger partial charge in [0.15, 0.2) is 17.2 Å². The fourth-order valence-corrected chi connectivity index (χ4v) is 8.82. The number of azo groups is 4. The number of aromatic hydroxyl groups is 2. The molecule has 0 heterocycles. The molecular weight excluding hydrogens is 981 g/mol. The second-order valence-electron chi connectivity index (χ2n) is 13.7. The van der Waals surface area contributed by atoms with E-state index >= 15 is 0 Å². The normalized spacial score (nSPS) is 12.9. The van der Waals surface area contributed by atoms with Crippen LogP contribution in [0.15, 0.2) is 170 Å². The van der Waals surface area contributed by atoms with E-state index in [1.165, 1.54) is 60.7 Å². The molecule has 68 heavy (non-hydrogen) atoms. The number of phenolic OH excluding ortho intramolecular Hbond substituents is 2. The van der Waals surface area contributed by atoms with Crippen LogP contribution in [0, 0.1) is 10.1 Å². The molecule has 0 aliphatic heterocycles. The second-order valence-corrected chi connectivity index (χ2v) is 19.3. The third-order valence-corrected chi connectivity index (χ3v) is 12.9. The molecule has 0 spiro atoms. The van der Waals surface area contributed by atoms with Gasteiger partial charge < -0.3 is 15.9 Å². The molecule has 7 aromatic carbocycles. The molecule has 7 aromatic rings. The van der Waals surface area contributed by atoms with Crippen LogP contribution in [0.25, 0.3) is 21.5 Å². The van der Waals surface area contributed by atoms with Crippen molar-refractivity contribution in [2.75, 3.05) is 5.73 Å². The van der Waals surface area contributed by atoms with Crippen LogP contribution in [0.3, 0.4) is 0 Å². The molecule has 26 nitrogen and oxygen atoms in total. The Morgan fingerprint density at radius 3 is 1.68 bits per heavy atom. The number of benzene rings is 7. The maximum Gasteiger partial charge on any atom is 0.296 e. The molecule has 0 aliphatic rings. The van der Waals surface area contributed by atoms with E-state index in [1.807, 2.05) is 0 Å². The fraction of sp³-hybridized carbons (Fsp3) is 0. The van der Waals surface area contributed by atoms with E-state index in [1.54, 1.807) is 0 Å². The first kappa shape index (κ1) is 47.9. The van der Waals surface area contributed by atoms with Crippen molar-refractivity contribution >= 4 is 119 Å². The number of nitrogens with two attached hydrogens (primary N) is 1. The van der Waals surface area contributed by atoms with Gasteiger partial charge in [0.05, 0.1) is 43.3 Å². The number of para-hydroxylation sites is 1. The Hall–Kier alpha value is -8.10. The lowest BCUT2D eigenvalue weighted by Crippen LogP contribution is -2.04. The van der Waals surface area contributed by atoms with Gasteiger partial charge >= 0.3 is 0 Å². The van der Waals surface area contributed by atoms with Gasteiger partial charge in [-0.25, -0.2) is 0 Å². The molecule has 348 valence electrons. The first-order valence-electron chi connectivity index (χ1n) is 18.2. The molecule has 0 amide bonds. The highest BCUT2D eigenvalue weighted by molar-refractivity contribution is 7.86. The van der Waals surface area contributed by atoms with Crippen LogP contribution in [0.4, 0.5) is 56.9 Å². The molecule has 0 bridgehead atoms. The van der Waals surface area contributed by atoms with Gasteiger partial charge in [-0.3, -0.25) is 28.3 Å². The summed E-state index contributed by atoms with van der Waals surface area (Å²) >= 11 is 0. The number of hydrogen-bond acceptors (Lipinski definition) is 21. The number of anilines is 1. The number of hydrogen-bond donors (Lipinski definition) is 7. The largest absolute Gasteiger partial charge is 0.505 e. The Kier molecular flexibility index (Phi) is 12.6. The average molecular weight is 1010 g/mol. The Bertz CT molecular complexity index is 3890. The summed E-state index contributed by atoms with van der Waals surface area (Å²) in [6.07, 6.45) is 0. The van der Waals surface area contributed by atoms with Crippen molar-refractivity contribution in [2.45, 2.75) is 19.6 Å². The molecule has 30 heteroatoms. The van der Waals surface area contributed by atoms with E-state index in [-0.39, 0.29) is 44.9 Å². The monoisotopic (exact) mass is 1010 g/mol. The zero-order valence-electron chi connectivity index (χ0n) is 33.4. The average Bonchev–Trinajstić information content (AvgIpc) is 3.26. The minimum Gasteiger partial charge on any atom is -0.505 e. The smallest absolute Gasteiger partial charge is 0.296 e. The summed E-state index contributed by atoms with van der Waals surface area (Å²) in [6.45, 7) is 0. The molecule has 0 aromatic heterocycles. The lowest BCUT2D eigenvalue weighted by atomic mass is 10.0. The van der Waals surface area contributed by atoms with Crippen molar-refractivity contribution in [1.82, 2.24) is 0 Å². The molecule has 0 atom stereocenters. The van der Waals surface area contributed by atoms with Crippen molar-refractivity contribution in [3.63, 3.8) is 0 Å². The van der Waals surface area contributed by atoms with Gasteiger partial charge in [-0.15, -0.1) is 35.8 Å². The number of fused-ring (bicyclic) bond motifs is 2. The number of nitro groups is 1. The van der Waals surface area contributed by atoms with E-state index in [4.69, 9.17) is 5.73 Å². The number of nitrogens with zero attached hydrogens (tertiary/aromatic N) is 9. The Labute approximate surface area is 381 Å². The fourth-order valence-electron chi connectivity index (χ4n) is 6.33. The van der Waals surface area contributed by atoms with E-state index in [9.17, 15) is 72.2 Å². The van der Waals surface area contributed by atoms with Crippen LogP contribution in [0.1, 0.15) is 0 Å². The summed E-state index contributed by atoms with van der Waals surface area (Å²) in [5.74, 6) is -1.99. The summed E-state index contributed by atoms with van der Waals surface area (Å²) in [6, 6.07) is 20.3. The quantitative estimate of drug-likeness (QED) is 0.0186. The molecule has 0 unspecified atom stereocenters. The number of rotatable bonds is 13. The van der Waals surface area contributed by atoms with Crippen LogP contribution in [0.2, 0.25) is 0 Å². The van der Waals surface area contributed by atoms with E-state index in [0.717, 1.165) is 36.4 Å². The van der Waals surface area contributed by atoms with Crippen LogP contribution >= 0.6 is 0 Å². The van der Waals surface area contributed by atoms with E-state index in [0.29, 0.717) is 12.1 Å². The number of nitro benzene ring substituents is 1. The zero-order chi connectivity index (χ0) is 49.5. The third kappa shape index (κ3) is 9.86. The number of phenols is 2. The summed E-state index contributed by atoms with van der Waals surface area (Å²) in [5.41, 5.74) is 2.00. The van der Waals surface area contributed by atoms with Crippen LogP contribution in [-0.4, -0.2) is 67.0 Å². The third-order valence-electron chi connectivity index (χ3n) is 9.36. The predicted octanol–water partition coefficient (Wildman–Crippen LogP) is 9.54. The Morgan fingerprint density at radius 2 is 1.01 bits per heavy atom. The van der Waals surface area contributed by atoms with Crippen LogP contribution < -0.4 is 5.73 Å². The van der Waals surface area contributed by atoms with E-state index in [2.05, 4.69) is 40.9 Å². The Balaban J connectivity index is 1.44. The van der Waals surface area contributed by atoms with Crippen molar-refractivity contribution in [3.8, 4) is 11.5 Å². The molecule has 7 rings (SSSR count). The minimum absolute atomic E-state index is 0.00528. The van der Waals surface area contributed by atoms with Crippen molar-refractivity contribution in [2.24, 2.45) is 40.9 Å². The highest BCUT2D eigenvalue weighted by atomic mass is 32.2. The van der Waals surface area contributed by atoms with Crippen LogP contribution in [0.5, 0.6) is 11.5 Å². The lowest BCUT2D eigenvalue weighted by Gasteiger charge is -2.14. The highest BCUT2D eigenvalue weighted by Crippen LogP contribution is 2.50. The van der Waals surface area contributed by atoms with Gasteiger partial charge in [-0.2, -0.15) is 38.8 Å². The second kappa shape index (κ2) is 17.9. The highest BCUT2D eigenvalue weighted by Gasteiger charge is 2.29. The first-order chi connectivity index (χ1) is 31.8. The minimum atomic E-state index is -5.43. The molecule has 0 saturated heterocycles. The standard InChI is InChI=1S/C38H26N10O16S4/c39-35-28(18-31(67(59,60)61)22-17-32(68(62,63)64)36(38(50)34(22)35)47-40-19-6-5-7-20(16-19)65(53,54)55)46-44-26-15-14-23(41-43-25-9-2-4-11-30(25)66(56,57)58)21-12-13-27(37(49)33(21)26)45-42-24-8-1-3-10-29(24)48(51)52/h1-18,49-50H,39H2,(H,53,54,55)(H,56,57,58)(H,59,60,61)(H,62,63,64). The van der Waals surface area contributed by atoms with Gasteiger partial charge in [0.2, 0.25) is 0 Å². The van der Waals surface area contributed by atoms with E-state index < -0.39 is 110 Å². The maximum absolute atomic E-state index is 12.8. The molecule has 0 fully saturated rings. The van der Waals surface area contributed by atoms with Crippen LogP contribution in [-0.2, 0) is 40.5 Å². The molecular formula is C38H26N10O16S4. The van der Waals surface area contributed by atoms with Gasteiger partial charge in [-0.1, -0.05) is 30.3 Å².